The zero-order chi connectivity index (χ0) is 19.7. The first-order chi connectivity index (χ1) is 12.8. The van der Waals surface area contributed by atoms with Crippen LogP contribution in [0.15, 0.2) is 73.1 Å². The number of likely N-dealkylation sites (N-methyl/N-ethyl adjacent to an activating group) is 1. The number of aryl methyl sites for hydroxylation is 2. The molecule has 0 unspecified atom stereocenters. The molecule has 0 amide bonds. The van der Waals surface area contributed by atoms with Gasteiger partial charge in [0.2, 0.25) is 0 Å². The van der Waals surface area contributed by atoms with Crippen LogP contribution in [-0.4, -0.2) is 11.9 Å². The highest BCUT2D eigenvalue weighted by molar-refractivity contribution is 5.84. The molecule has 27 heavy (non-hydrogen) atoms. The molecule has 0 aliphatic carbocycles. The molecule has 0 atom stereocenters. The van der Waals surface area contributed by atoms with E-state index in [2.05, 4.69) is 99.7 Å². The first kappa shape index (κ1) is 18.8. The maximum absolute atomic E-state index is 4.25. The number of benzene rings is 2. The lowest BCUT2D eigenvalue weighted by Crippen LogP contribution is -2.14. The van der Waals surface area contributed by atoms with Gasteiger partial charge in [0, 0.05) is 30.3 Å². The van der Waals surface area contributed by atoms with Gasteiger partial charge < -0.3 is 10.2 Å². The number of nitrogens with zero attached hydrogens (tertiary/aromatic N) is 1. The van der Waals surface area contributed by atoms with Crippen molar-refractivity contribution in [3.63, 3.8) is 0 Å². The molecule has 1 aliphatic rings. The summed E-state index contributed by atoms with van der Waals surface area (Å²) in [5.41, 5.74) is 11.5. The van der Waals surface area contributed by atoms with Crippen molar-refractivity contribution in [3.8, 4) is 0 Å². The van der Waals surface area contributed by atoms with Gasteiger partial charge in [-0.15, -0.1) is 0 Å². The van der Waals surface area contributed by atoms with E-state index in [-0.39, 0.29) is 0 Å². The molecular formula is C25H28N2. The number of anilines is 1. The molecule has 0 radical (unpaired) electrons. The molecule has 1 N–H and O–H groups in total. The highest BCUT2D eigenvalue weighted by Crippen LogP contribution is 2.32. The Morgan fingerprint density at radius 2 is 1.74 bits per heavy atom. The maximum Gasteiger partial charge on any atom is 0.0420 e. The van der Waals surface area contributed by atoms with Crippen molar-refractivity contribution >= 4 is 17.0 Å². The Hall–Kier alpha value is -3.00. The van der Waals surface area contributed by atoms with Crippen LogP contribution in [0.2, 0.25) is 0 Å². The fourth-order valence-corrected chi connectivity index (χ4v) is 3.31. The molecule has 0 saturated heterocycles. The molecule has 2 heteroatoms. The third-order valence-electron chi connectivity index (χ3n) is 5.37. The van der Waals surface area contributed by atoms with Crippen molar-refractivity contribution in [1.29, 1.82) is 0 Å². The topological polar surface area (TPSA) is 15.3 Å². The molecule has 2 nitrogen and oxygen atoms in total. The molecule has 0 spiro atoms. The Balaban J connectivity index is 1.92. The Morgan fingerprint density at radius 3 is 2.41 bits per heavy atom. The summed E-state index contributed by atoms with van der Waals surface area (Å²) < 4.78 is 0. The molecule has 138 valence electrons. The van der Waals surface area contributed by atoms with Gasteiger partial charge in [-0.3, -0.25) is 0 Å². The van der Waals surface area contributed by atoms with Crippen molar-refractivity contribution in [1.82, 2.24) is 4.90 Å². The largest absolute Gasteiger partial charge is 0.355 e. The van der Waals surface area contributed by atoms with Crippen LogP contribution in [0, 0.1) is 20.8 Å². The first-order valence-corrected chi connectivity index (χ1v) is 9.23. The maximum atomic E-state index is 4.25. The molecule has 0 aromatic heterocycles. The van der Waals surface area contributed by atoms with Crippen molar-refractivity contribution in [2.24, 2.45) is 0 Å². The highest BCUT2D eigenvalue weighted by Gasteiger charge is 2.14. The van der Waals surface area contributed by atoms with E-state index in [0.29, 0.717) is 0 Å². The van der Waals surface area contributed by atoms with E-state index in [1.807, 2.05) is 7.05 Å². The lowest BCUT2D eigenvalue weighted by Gasteiger charge is -2.25. The Labute approximate surface area is 163 Å². The van der Waals surface area contributed by atoms with E-state index < -0.39 is 0 Å². The van der Waals surface area contributed by atoms with E-state index in [1.165, 1.54) is 33.4 Å². The summed E-state index contributed by atoms with van der Waals surface area (Å²) in [5, 5.41) is 3.51. The van der Waals surface area contributed by atoms with Crippen LogP contribution in [0.5, 0.6) is 0 Å². The third kappa shape index (κ3) is 3.75. The summed E-state index contributed by atoms with van der Waals surface area (Å²) >= 11 is 0. The summed E-state index contributed by atoms with van der Waals surface area (Å²) in [6.45, 7) is 16.9. The zero-order valence-electron chi connectivity index (χ0n) is 17.0. The summed E-state index contributed by atoms with van der Waals surface area (Å²) in [6.07, 6.45) is 4.34. The van der Waals surface area contributed by atoms with Crippen molar-refractivity contribution in [2.45, 2.75) is 27.7 Å². The van der Waals surface area contributed by atoms with E-state index in [1.54, 1.807) is 0 Å². The molecule has 1 heterocycles. The van der Waals surface area contributed by atoms with Crippen LogP contribution in [-0.2, 0) is 0 Å². The van der Waals surface area contributed by atoms with E-state index in [0.717, 1.165) is 22.6 Å². The summed E-state index contributed by atoms with van der Waals surface area (Å²) in [4.78, 5) is 2.08. The number of hydrogen-bond acceptors (Lipinski definition) is 2. The van der Waals surface area contributed by atoms with Crippen molar-refractivity contribution in [2.75, 3.05) is 12.4 Å². The van der Waals surface area contributed by atoms with Gasteiger partial charge in [-0.25, -0.2) is 0 Å². The van der Waals surface area contributed by atoms with E-state index in [9.17, 15) is 0 Å². The Kier molecular flexibility index (Phi) is 5.09. The normalized spacial score (nSPS) is 14.0. The first-order valence-electron chi connectivity index (χ1n) is 9.23. The van der Waals surface area contributed by atoms with Crippen molar-refractivity contribution < 1.29 is 0 Å². The molecule has 0 bridgehead atoms. The standard InChI is InChI=1S/C25H28N2/c1-16-11-12-22(13-17(16)2)20(5)26-25-10-8-9-24(19(25)4)23-14-18(3)21(6)27(7)15-23/h8-15,26H,5-6H2,1-4,7H3. The van der Waals surface area contributed by atoms with Crippen LogP contribution >= 0.6 is 0 Å². The Bertz CT molecular complexity index is 989. The molecule has 2 aromatic carbocycles. The van der Waals surface area contributed by atoms with Gasteiger partial charge in [-0.2, -0.15) is 0 Å². The molecule has 1 aliphatic heterocycles. The zero-order valence-corrected chi connectivity index (χ0v) is 17.0. The van der Waals surface area contributed by atoms with Crippen LogP contribution in [0.3, 0.4) is 0 Å². The predicted molar refractivity (Wildman–Crippen MR) is 118 cm³/mol. The van der Waals surface area contributed by atoms with Gasteiger partial charge in [0.15, 0.2) is 0 Å². The number of nitrogens with one attached hydrogen (secondary N) is 1. The lowest BCUT2D eigenvalue weighted by atomic mass is 9.95. The summed E-state index contributed by atoms with van der Waals surface area (Å²) in [7, 11) is 2.04. The van der Waals surface area contributed by atoms with E-state index in [4.69, 9.17) is 0 Å². The monoisotopic (exact) mass is 356 g/mol. The number of rotatable bonds is 4. The van der Waals surface area contributed by atoms with Crippen LogP contribution in [0.25, 0.3) is 11.3 Å². The van der Waals surface area contributed by atoms with Crippen LogP contribution < -0.4 is 5.32 Å². The quantitative estimate of drug-likeness (QED) is 0.678. The number of hydrogen-bond donors (Lipinski definition) is 1. The minimum absolute atomic E-state index is 0.910. The molecular weight excluding hydrogens is 328 g/mol. The van der Waals surface area contributed by atoms with Crippen molar-refractivity contribution in [3.05, 3.63) is 101 Å². The van der Waals surface area contributed by atoms with Crippen LogP contribution in [0.1, 0.15) is 34.7 Å². The minimum atomic E-state index is 0.910. The average molecular weight is 357 g/mol. The molecule has 2 aromatic rings. The predicted octanol–water partition coefficient (Wildman–Crippen LogP) is 6.44. The second-order valence-electron chi connectivity index (χ2n) is 7.35. The molecule has 3 rings (SSSR count). The van der Waals surface area contributed by atoms with E-state index >= 15 is 0 Å². The summed E-state index contributed by atoms with van der Waals surface area (Å²) in [6, 6.07) is 12.8. The van der Waals surface area contributed by atoms with Gasteiger partial charge in [-0.05, 0) is 84.9 Å². The SMILES string of the molecule is C=C(Nc1cccc(C2=CN(C)C(=C)C(C)=C2)c1C)c1ccc(C)c(C)c1. The van der Waals surface area contributed by atoms with Crippen LogP contribution in [0.4, 0.5) is 5.69 Å². The second-order valence-corrected chi connectivity index (χ2v) is 7.35. The van der Waals surface area contributed by atoms with Gasteiger partial charge in [-0.1, -0.05) is 37.4 Å². The summed E-state index contributed by atoms with van der Waals surface area (Å²) in [5.74, 6) is 0. The molecule has 0 saturated carbocycles. The van der Waals surface area contributed by atoms with Gasteiger partial charge in [0.25, 0.3) is 0 Å². The van der Waals surface area contributed by atoms with Gasteiger partial charge in [0.1, 0.15) is 0 Å². The number of allylic oxidation sites excluding steroid dienone is 3. The molecule has 0 fully saturated rings. The fraction of sp³-hybridized carbons (Fsp3) is 0.200. The minimum Gasteiger partial charge on any atom is -0.355 e. The Morgan fingerprint density at radius 1 is 1.00 bits per heavy atom. The van der Waals surface area contributed by atoms with Gasteiger partial charge in [0.05, 0.1) is 0 Å². The average Bonchev–Trinajstić information content (AvgIpc) is 2.63. The highest BCUT2D eigenvalue weighted by atomic mass is 15.1. The third-order valence-corrected chi connectivity index (χ3v) is 5.37. The fourth-order valence-electron chi connectivity index (χ4n) is 3.31. The smallest absolute Gasteiger partial charge is 0.0420 e. The van der Waals surface area contributed by atoms with Gasteiger partial charge >= 0.3 is 0 Å². The lowest BCUT2D eigenvalue weighted by molar-refractivity contribution is 0.579. The second kappa shape index (κ2) is 7.32.